The largest absolute Gasteiger partial charge is 0.462 e. The summed E-state index contributed by atoms with van der Waals surface area (Å²) in [7, 11) is 2.19. The third-order valence-electron chi connectivity index (χ3n) is 5.23. The van der Waals surface area contributed by atoms with Gasteiger partial charge < -0.3 is 9.64 Å². The van der Waals surface area contributed by atoms with Crippen LogP contribution in [0, 0.1) is 0 Å². The van der Waals surface area contributed by atoms with E-state index in [4.69, 9.17) is 4.74 Å². The molecule has 0 radical (unpaired) electrons. The molecular formula is C17H21ClN2O2. The number of hydrogen-bond acceptors (Lipinski definition) is 4. The van der Waals surface area contributed by atoms with Crippen molar-refractivity contribution in [1.29, 1.82) is 0 Å². The van der Waals surface area contributed by atoms with Gasteiger partial charge in [0.2, 0.25) is 0 Å². The minimum absolute atomic E-state index is 0. The molecule has 3 aliphatic rings. The van der Waals surface area contributed by atoms with Crippen LogP contribution in [0.3, 0.4) is 0 Å². The van der Waals surface area contributed by atoms with Crippen LogP contribution in [0.15, 0.2) is 29.3 Å². The molecule has 0 saturated carbocycles. The summed E-state index contributed by atoms with van der Waals surface area (Å²) < 4.78 is 5.80. The highest BCUT2D eigenvalue weighted by Crippen LogP contribution is 2.37. The molecule has 118 valence electrons. The van der Waals surface area contributed by atoms with Crippen LogP contribution in [0.1, 0.15) is 37.2 Å². The lowest BCUT2D eigenvalue weighted by atomic mass is 9.99. The van der Waals surface area contributed by atoms with Gasteiger partial charge in [-0.15, -0.1) is 12.4 Å². The normalized spacial score (nSPS) is 32.4. The lowest BCUT2D eigenvalue weighted by molar-refractivity contribution is -0.152. The average Bonchev–Trinajstić information content (AvgIpc) is 2.98. The predicted octanol–water partition coefficient (Wildman–Crippen LogP) is 3.08. The van der Waals surface area contributed by atoms with Gasteiger partial charge in [-0.25, -0.2) is 0 Å². The zero-order valence-electron chi connectivity index (χ0n) is 12.6. The molecule has 3 aliphatic heterocycles. The Bertz CT molecular complexity index is 590. The Kier molecular flexibility index (Phi) is 4.24. The van der Waals surface area contributed by atoms with Gasteiger partial charge in [-0.3, -0.25) is 9.79 Å². The topological polar surface area (TPSA) is 41.9 Å². The second kappa shape index (κ2) is 6.01. The van der Waals surface area contributed by atoms with Crippen molar-refractivity contribution in [2.24, 2.45) is 4.99 Å². The number of piperidine rings is 1. The van der Waals surface area contributed by atoms with Crippen molar-refractivity contribution in [2.45, 2.75) is 49.8 Å². The number of halogens is 1. The summed E-state index contributed by atoms with van der Waals surface area (Å²) in [6.07, 6.45) is 6.23. The maximum Gasteiger partial charge on any atom is 0.319 e. The van der Waals surface area contributed by atoms with Crippen molar-refractivity contribution in [3.63, 3.8) is 0 Å². The Morgan fingerprint density at radius 2 is 1.91 bits per heavy atom. The third kappa shape index (κ3) is 2.55. The van der Waals surface area contributed by atoms with E-state index in [0.29, 0.717) is 12.1 Å². The van der Waals surface area contributed by atoms with Crippen LogP contribution in [0.5, 0.6) is 0 Å². The molecule has 0 aromatic heterocycles. The van der Waals surface area contributed by atoms with Gasteiger partial charge in [0, 0.05) is 18.3 Å². The monoisotopic (exact) mass is 320 g/mol. The first-order valence-corrected chi connectivity index (χ1v) is 7.78. The van der Waals surface area contributed by atoms with E-state index in [1.807, 2.05) is 24.3 Å². The number of hydrogen-bond donors (Lipinski definition) is 0. The minimum Gasteiger partial charge on any atom is -0.462 e. The number of para-hydroxylation sites is 1. The highest BCUT2D eigenvalue weighted by molar-refractivity contribution is 6.01. The number of fused-ring (bicyclic) bond motifs is 3. The van der Waals surface area contributed by atoms with E-state index in [2.05, 4.69) is 16.9 Å². The van der Waals surface area contributed by atoms with Gasteiger partial charge in [0.15, 0.2) is 0 Å². The molecule has 5 heteroatoms. The summed E-state index contributed by atoms with van der Waals surface area (Å²) in [5, 5.41) is 0. The van der Waals surface area contributed by atoms with Crippen molar-refractivity contribution in [1.82, 2.24) is 4.90 Å². The molecule has 0 amide bonds. The number of carbonyl (C=O) groups excluding carboxylic acids is 1. The number of rotatable bonds is 2. The number of aliphatic imine (C=N–C) groups is 1. The molecule has 4 atom stereocenters. The van der Waals surface area contributed by atoms with E-state index in [1.165, 1.54) is 12.8 Å². The summed E-state index contributed by atoms with van der Waals surface area (Å²) >= 11 is 0. The predicted molar refractivity (Wildman–Crippen MR) is 88.3 cm³/mol. The molecule has 3 heterocycles. The second-order valence-corrected chi connectivity index (χ2v) is 6.40. The van der Waals surface area contributed by atoms with Gasteiger partial charge in [0.1, 0.15) is 12.0 Å². The standard InChI is InChI=1S/C17H20N2O2.ClH/c1-19-11-6-7-12(19)9-13(8-11)21-17(20)15-10-18-16-5-3-2-4-14(15)16;/h2-5,10-13,15H,6-9H2,1H3;1H/t11-,12+,13?,15-;/m1./s1. The van der Waals surface area contributed by atoms with Crippen LogP contribution in [-0.2, 0) is 9.53 Å². The van der Waals surface area contributed by atoms with Gasteiger partial charge in [-0.2, -0.15) is 0 Å². The van der Waals surface area contributed by atoms with E-state index in [0.717, 1.165) is 24.1 Å². The SMILES string of the molecule is CN1[C@@H]2CC[C@H]1CC(OC(=O)[C@@H]1C=Nc3ccccc31)C2.Cl. The van der Waals surface area contributed by atoms with Crippen LogP contribution in [-0.4, -0.2) is 42.3 Å². The molecule has 2 fully saturated rings. The Morgan fingerprint density at radius 3 is 2.64 bits per heavy atom. The minimum atomic E-state index is -0.321. The van der Waals surface area contributed by atoms with Crippen LogP contribution >= 0.6 is 12.4 Å². The summed E-state index contributed by atoms with van der Waals surface area (Å²) in [4.78, 5) is 19.2. The smallest absolute Gasteiger partial charge is 0.319 e. The number of ether oxygens (including phenoxy) is 1. The van der Waals surface area contributed by atoms with E-state index in [-0.39, 0.29) is 30.4 Å². The van der Waals surface area contributed by atoms with Crippen LogP contribution in [0.4, 0.5) is 5.69 Å². The highest BCUT2D eigenvalue weighted by atomic mass is 35.5. The van der Waals surface area contributed by atoms with Gasteiger partial charge in [0.05, 0.1) is 5.69 Å². The number of benzene rings is 1. The summed E-state index contributed by atoms with van der Waals surface area (Å²) in [5.41, 5.74) is 1.86. The second-order valence-electron chi connectivity index (χ2n) is 6.40. The summed E-state index contributed by atoms with van der Waals surface area (Å²) in [6.45, 7) is 0. The highest BCUT2D eigenvalue weighted by Gasteiger charge is 2.40. The van der Waals surface area contributed by atoms with Crippen molar-refractivity contribution in [3.05, 3.63) is 29.8 Å². The number of nitrogens with zero attached hydrogens (tertiary/aromatic N) is 2. The molecule has 4 nitrogen and oxygen atoms in total. The van der Waals surface area contributed by atoms with Gasteiger partial charge in [-0.05, 0) is 44.4 Å². The fraction of sp³-hybridized carbons (Fsp3) is 0.529. The van der Waals surface area contributed by atoms with Crippen LogP contribution < -0.4 is 0 Å². The van der Waals surface area contributed by atoms with Crippen molar-refractivity contribution in [3.8, 4) is 0 Å². The first kappa shape index (κ1) is 15.5. The Morgan fingerprint density at radius 1 is 1.23 bits per heavy atom. The van der Waals surface area contributed by atoms with Crippen LogP contribution in [0.25, 0.3) is 0 Å². The van der Waals surface area contributed by atoms with Crippen molar-refractivity contribution >= 4 is 30.3 Å². The summed E-state index contributed by atoms with van der Waals surface area (Å²) in [5.74, 6) is -0.462. The zero-order valence-corrected chi connectivity index (χ0v) is 13.5. The van der Waals surface area contributed by atoms with E-state index < -0.39 is 0 Å². The molecule has 0 spiro atoms. The molecule has 1 unspecified atom stereocenters. The zero-order chi connectivity index (χ0) is 14.4. The maximum atomic E-state index is 12.5. The fourth-order valence-corrected chi connectivity index (χ4v) is 3.99. The Balaban J connectivity index is 0.00000144. The fourth-order valence-electron chi connectivity index (χ4n) is 3.99. The lowest BCUT2D eigenvalue weighted by Crippen LogP contribution is -2.43. The summed E-state index contributed by atoms with van der Waals surface area (Å²) in [6, 6.07) is 8.97. The van der Waals surface area contributed by atoms with E-state index in [1.54, 1.807) is 6.21 Å². The number of carbonyl (C=O) groups is 1. The third-order valence-corrected chi connectivity index (χ3v) is 5.23. The molecule has 22 heavy (non-hydrogen) atoms. The van der Waals surface area contributed by atoms with Crippen molar-refractivity contribution < 1.29 is 9.53 Å². The van der Waals surface area contributed by atoms with Gasteiger partial charge in [0.25, 0.3) is 0 Å². The Hall–Kier alpha value is -1.39. The molecule has 2 bridgehead atoms. The van der Waals surface area contributed by atoms with Gasteiger partial charge >= 0.3 is 5.97 Å². The molecule has 0 aliphatic carbocycles. The molecule has 1 aromatic rings. The first-order chi connectivity index (χ1) is 10.2. The van der Waals surface area contributed by atoms with Gasteiger partial charge in [-0.1, -0.05) is 18.2 Å². The van der Waals surface area contributed by atoms with Crippen LogP contribution in [0.2, 0.25) is 0 Å². The van der Waals surface area contributed by atoms with E-state index in [9.17, 15) is 4.79 Å². The molecule has 2 saturated heterocycles. The lowest BCUT2D eigenvalue weighted by Gasteiger charge is -2.36. The molecule has 1 aromatic carbocycles. The maximum absolute atomic E-state index is 12.5. The molecular weight excluding hydrogens is 300 g/mol. The average molecular weight is 321 g/mol. The number of esters is 1. The Labute approximate surface area is 137 Å². The molecule has 4 rings (SSSR count). The van der Waals surface area contributed by atoms with E-state index >= 15 is 0 Å². The quantitative estimate of drug-likeness (QED) is 0.786. The molecule has 0 N–H and O–H groups in total. The first-order valence-electron chi connectivity index (χ1n) is 7.78. The van der Waals surface area contributed by atoms with Crippen molar-refractivity contribution in [2.75, 3.05) is 7.05 Å².